The van der Waals surface area contributed by atoms with E-state index in [0.717, 1.165) is 42.4 Å². The third-order valence-electron chi connectivity index (χ3n) is 5.65. The number of thiazole rings is 1. The van der Waals surface area contributed by atoms with Gasteiger partial charge in [0.1, 0.15) is 5.82 Å². The molecule has 0 spiro atoms. The van der Waals surface area contributed by atoms with Crippen molar-refractivity contribution in [1.82, 2.24) is 9.29 Å². The normalized spacial score (nSPS) is 15.1. The lowest BCUT2D eigenvalue weighted by atomic mass is 10.1. The number of sulfonamides is 1. The lowest BCUT2D eigenvalue weighted by Crippen LogP contribution is -2.36. The molecule has 1 aliphatic heterocycles. The molecular formula is C24H29FN4O3S2. The van der Waals surface area contributed by atoms with Gasteiger partial charge in [0.15, 0.2) is 4.80 Å². The van der Waals surface area contributed by atoms with Gasteiger partial charge in [0.05, 0.1) is 30.3 Å². The molecule has 0 aliphatic carbocycles. The minimum atomic E-state index is -3.23. The van der Waals surface area contributed by atoms with Crippen LogP contribution in [-0.4, -0.2) is 51.6 Å². The Morgan fingerprint density at radius 2 is 1.79 bits per heavy atom. The second-order valence-corrected chi connectivity index (χ2v) is 10.9. The number of hydrogen-bond acceptors (Lipinski definition) is 6. The Kier molecular flexibility index (Phi) is 8.15. The van der Waals surface area contributed by atoms with Crippen LogP contribution in [0, 0.1) is 5.82 Å². The van der Waals surface area contributed by atoms with E-state index in [0.29, 0.717) is 25.2 Å². The van der Waals surface area contributed by atoms with Gasteiger partial charge in [0.25, 0.3) is 0 Å². The minimum absolute atomic E-state index is 0.0600. The second kappa shape index (κ2) is 11.3. The zero-order valence-electron chi connectivity index (χ0n) is 19.1. The van der Waals surface area contributed by atoms with Crippen molar-refractivity contribution in [3.05, 3.63) is 64.5 Å². The van der Waals surface area contributed by atoms with Crippen LogP contribution in [0.3, 0.4) is 0 Å². The molecule has 0 amide bonds. The second-order valence-electron chi connectivity index (χ2n) is 7.94. The smallest absolute Gasteiger partial charge is 0.211 e. The number of anilines is 1. The third-order valence-corrected chi connectivity index (χ3v) is 7.92. The van der Waals surface area contributed by atoms with Gasteiger partial charge in [-0.2, -0.15) is 0 Å². The molecule has 0 radical (unpaired) electrons. The van der Waals surface area contributed by atoms with E-state index >= 15 is 0 Å². The molecule has 182 valence electrons. The summed E-state index contributed by atoms with van der Waals surface area (Å²) in [6, 6.07) is 14.5. The third kappa shape index (κ3) is 6.32. The standard InChI is InChI=1S/C24H29FN4O3S2/c1-2-34(30,31)26-12-3-13-29-23(18-33-24(29)27-21-8-6-20(25)7-9-21)19-4-10-22(11-5-19)28-14-16-32-17-15-28/h4-11,18,26H,2-3,12-17H2,1H3/b27-24-. The Bertz CT molecular complexity index is 1250. The molecule has 0 atom stereocenters. The molecule has 2 aromatic carbocycles. The summed E-state index contributed by atoms with van der Waals surface area (Å²) in [6.45, 7) is 5.80. The topological polar surface area (TPSA) is 75.9 Å². The molecule has 1 aliphatic rings. The number of aromatic nitrogens is 1. The van der Waals surface area contributed by atoms with Crippen LogP contribution in [0.25, 0.3) is 11.3 Å². The first-order chi connectivity index (χ1) is 16.4. The van der Waals surface area contributed by atoms with Crippen LogP contribution >= 0.6 is 11.3 Å². The van der Waals surface area contributed by atoms with Crippen LogP contribution in [-0.2, 0) is 21.3 Å². The molecule has 1 N–H and O–H groups in total. The monoisotopic (exact) mass is 504 g/mol. The van der Waals surface area contributed by atoms with Crippen molar-refractivity contribution in [3.8, 4) is 11.3 Å². The highest BCUT2D eigenvalue weighted by atomic mass is 32.2. The Morgan fingerprint density at radius 3 is 2.47 bits per heavy atom. The van der Waals surface area contributed by atoms with Crippen molar-refractivity contribution in [2.45, 2.75) is 19.9 Å². The van der Waals surface area contributed by atoms with E-state index in [-0.39, 0.29) is 11.6 Å². The summed E-state index contributed by atoms with van der Waals surface area (Å²) in [7, 11) is -3.23. The van der Waals surface area contributed by atoms with Gasteiger partial charge >= 0.3 is 0 Å². The number of nitrogens with one attached hydrogen (secondary N) is 1. The minimum Gasteiger partial charge on any atom is -0.378 e. The SMILES string of the molecule is CCS(=O)(=O)NCCCn1c(-c2ccc(N3CCOCC3)cc2)cs/c1=N\c1ccc(F)cc1. The molecule has 4 rings (SSSR count). The largest absolute Gasteiger partial charge is 0.378 e. The molecule has 3 aromatic rings. The molecule has 1 saturated heterocycles. The number of ether oxygens (including phenoxy) is 1. The number of halogens is 1. The molecule has 7 nitrogen and oxygen atoms in total. The summed E-state index contributed by atoms with van der Waals surface area (Å²) < 4.78 is 47.0. The fraction of sp³-hybridized carbons (Fsp3) is 0.375. The van der Waals surface area contributed by atoms with Crippen molar-refractivity contribution in [2.24, 2.45) is 4.99 Å². The highest BCUT2D eigenvalue weighted by molar-refractivity contribution is 7.89. The van der Waals surface area contributed by atoms with Crippen LogP contribution in [0.2, 0.25) is 0 Å². The Hall–Kier alpha value is -2.53. The van der Waals surface area contributed by atoms with Crippen LogP contribution in [0.5, 0.6) is 0 Å². The molecule has 1 fully saturated rings. The van der Waals surface area contributed by atoms with Gasteiger partial charge in [-0.1, -0.05) is 12.1 Å². The van der Waals surface area contributed by atoms with Crippen molar-refractivity contribution >= 4 is 32.7 Å². The van der Waals surface area contributed by atoms with Crippen molar-refractivity contribution in [3.63, 3.8) is 0 Å². The van der Waals surface area contributed by atoms with Crippen LogP contribution in [0.15, 0.2) is 58.9 Å². The summed E-state index contributed by atoms with van der Waals surface area (Å²) in [4.78, 5) is 7.80. The lowest BCUT2D eigenvalue weighted by Gasteiger charge is -2.28. The number of nitrogens with zero attached hydrogens (tertiary/aromatic N) is 3. The summed E-state index contributed by atoms with van der Waals surface area (Å²) in [5, 5.41) is 2.06. The number of hydrogen-bond donors (Lipinski definition) is 1. The van der Waals surface area contributed by atoms with Gasteiger partial charge in [0, 0.05) is 37.2 Å². The molecule has 0 bridgehead atoms. The van der Waals surface area contributed by atoms with E-state index in [2.05, 4.69) is 43.8 Å². The van der Waals surface area contributed by atoms with Crippen LogP contribution in [0.1, 0.15) is 13.3 Å². The number of benzene rings is 2. The van der Waals surface area contributed by atoms with E-state index in [1.165, 1.54) is 29.2 Å². The van der Waals surface area contributed by atoms with Gasteiger partial charge in [-0.25, -0.2) is 22.5 Å². The van der Waals surface area contributed by atoms with Crippen LogP contribution < -0.4 is 14.4 Å². The molecule has 34 heavy (non-hydrogen) atoms. The first kappa shape index (κ1) is 24.6. The Labute approximate surface area is 203 Å². The van der Waals surface area contributed by atoms with Gasteiger partial charge in [0.2, 0.25) is 10.0 Å². The molecule has 0 unspecified atom stereocenters. The fourth-order valence-corrected chi connectivity index (χ4v) is 5.34. The van der Waals surface area contributed by atoms with E-state index in [1.807, 2.05) is 0 Å². The number of morpholine rings is 1. The van der Waals surface area contributed by atoms with Gasteiger partial charge in [-0.3, -0.25) is 0 Å². The average molecular weight is 505 g/mol. The van der Waals surface area contributed by atoms with E-state index in [1.54, 1.807) is 19.1 Å². The maximum atomic E-state index is 13.3. The number of rotatable bonds is 9. The molecular weight excluding hydrogens is 475 g/mol. The molecule has 1 aromatic heterocycles. The van der Waals surface area contributed by atoms with Crippen molar-refractivity contribution < 1.29 is 17.5 Å². The van der Waals surface area contributed by atoms with Gasteiger partial charge in [-0.15, -0.1) is 11.3 Å². The molecule has 10 heteroatoms. The fourth-order valence-electron chi connectivity index (χ4n) is 3.72. The first-order valence-corrected chi connectivity index (χ1v) is 13.9. The summed E-state index contributed by atoms with van der Waals surface area (Å²) in [5.74, 6) is -0.243. The highest BCUT2D eigenvalue weighted by Crippen LogP contribution is 2.25. The molecule has 2 heterocycles. The van der Waals surface area contributed by atoms with E-state index < -0.39 is 10.0 Å². The maximum Gasteiger partial charge on any atom is 0.211 e. The molecule has 0 saturated carbocycles. The van der Waals surface area contributed by atoms with Crippen molar-refractivity contribution in [1.29, 1.82) is 0 Å². The Morgan fingerprint density at radius 1 is 1.09 bits per heavy atom. The quantitative estimate of drug-likeness (QED) is 0.451. The summed E-state index contributed by atoms with van der Waals surface area (Å²) in [6.07, 6.45) is 0.616. The van der Waals surface area contributed by atoms with Crippen molar-refractivity contribution in [2.75, 3.05) is 43.5 Å². The van der Waals surface area contributed by atoms with Gasteiger partial charge in [-0.05, 0) is 55.3 Å². The zero-order chi connectivity index (χ0) is 24.0. The highest BCUT2D eigenvalue weighted by Gasteiger charge is 2.13. The summed E-state index contributed by atoms with van der Waals surface area (Å²) >= 11 is 1.51. The predicted octanol–water partition coefficient (Wildman–Crippen LogP) is 3.75. The first-order valence-electron chi connectivity index (χ1n) is 11.3. The van der Waals surface area contributed by atoms with Crippen LogP contribution in [0.4, 0.5) is 15.8 Å². The van der Waals surface area contributed by atoms with E-state index in [4.69, 9.17) is 9.73 Å². The zero-order valence-corrected chi connectivity index (χ0v) is 20.7. The lowest BCUT2D eigenvalue weighted by molar-refractivity contribution is 0.122. The van der Waals surface area contributed by atoms with Gasteiger partial charge < -0.3 is 14.2 Å². The van der Waals surface area contributed by atoms with E-state index in [9.17, 15) is 12.8 Å². The Balaban J connectivity index is 1.60. The predicted molar refractivity (Wildman–Crippen MR) is 134 cm³/mol. The maximum absolute atomic E-state index is 13.3. The average Bonchev–Trinajstić information content (AvgIpc) is 3.26. The summed E-state index contributed by atoms with van der Waals surface area (Å²) in [5.41, 5.74) is 3.90.